The van der Waals surface area contributed by atoms with Gasteiger partial charge in [-0.15, -0.1) is 23.1 Å². The maximum absolute atomic E-state index is 11.6. The average Bonchev–Trinajstić information content (AvgIpc) is 2.83. The highest BCUT2D eigenvalue weighted by atomic mass is 32.3. The van der Waals surface area contributed by atoms with Crippen molar-refractivity contribution in [2.45, 2.75) is 25.0 Å². The maximum Gasteiger partial charge on any atom is 0.259 e. The Balaban J connectivity index is 0.000000450. The van der Waals surface area contributed by atoms with E-state index in [2.05, 4.69) is 24.1 Å². The molecule has 0 aliphatic rings. The molecule has 7 nitrogen and oxygen atoms in total. The molecule has 0 aromatic carbocycles. The zero-order chi connectivity index (χ0) is 19.4. The number of pyridine rings is 1. The minimum Gasteiger partial charge on any atom is -0.726 e. The van der Waals surface area contributed by atoms with Gasteiger partial charge in [0.1, 0.15) is 14.8 Å². The Bertz CT molecular complexity index is 855. The fourth-order valence-corrected chi connectivity index (χ4v) is 3.94. The fraction of sp³-hybridized carbons (Fsp3) is 0.333. The lowest BCUT2D eigenvalue weighted by Gasteiger charge is -2.00. The number of nitrogens with zero attached hydrogens (tertiary/aromatic N) is 1. The first-order valence-corrected chi connectivity index (χ1v) is 10.4. The first-order valence-electron chi connectivity index (χ1n) is 6.98. The Labute approximate surface area is 155 Å². The van der Waals surface area contributed by atoms with Crippen molar-refractivity contribution < 1.29 is 26.5 Å². The van der Waals surface area contributed by atoms with Crippen LogP contribution >= 0.6 is 23.1 Å². The number of aryl methyl sites for hydroxylation is 2. The molecule has 0 saturated carbocycles. The molecule has 2 aromatic rings. The van der Waals surface area contributed by atoms with Gasteiger partial charge < -0.3 is 10.3 Å². The van der Waals surface area contributed by atoms with Crippen molar-refractivity contribution in [3.8, 4) is 5.69 Å². The normalized spacial score (nSPS) is 11.0. The summed E-state index contributed by atoms with van der Waals surface area (Å²) >= 11 is 3.09. The summed E-state index contributed by atoms with van der Waals surface area (Å²) in [4.78, 5) is 12.3. The molecule has 138 valence electrons. The molecular weight excluding hydrogens is 384 g/mol. The van der Waals surface area contributed by atoms with E-state index < -0.39 is 10.4 Å². The van der Waals surface area contributed by atoms with E-state index in [1.54, 1.807) is 18.7 Å². The van der Waals surface area contributed by atoms with E-state index in [1.165, 1.54) is 22.5 Å². The van der Waals surface area contributed by atoms with Crippen molar-refractivity contribution >= 4 is 45.0 Å². The number of anilines is 1. The average molecular weight is 405 g/mol. The van der Waals surface area contributed by atoms with Crippen LogP contribution < -0.4 is 10.3 Å². The summed E-state index contributed by atoms with van der Waals surface area (Å²) in [7, 11) is -3.60. The smallest absolute Gasteiger partial charge is 0.259 e. The van der Waals surface area contributed by atoms with Gasteiger partial charge in [0, 0.05) is 18.1 Å². The van der Waals surface area contributed by atoms with Gasteiger partial charge in [-0.3, -0.25) is 8.98 Å². The summed E-state index contributed by atoms with van der Waals surface area (Å²) in [6.45, 7) is 5.66. The lowest BCUT2D eigenvalue weighted by atomic mass is 10.2. The van der Waals surface area contributed by atoms with Gasteiger partial charge in [-0.2, -0.15) is 4.57 Å². The highest BCUT2D eigenvalue weighted by molar-refractivity contribution is 8.00. The number of ketones is 1. The third-order valence-electron chi connectivity index (χ3n) is 3.00. The summed E-state index contributed by atoms with van der Waals surface area (Å²) in [5.41, 5.74) is 10.0. The lowest BCUT2D eigenvalue weighted by Crippen LogP contribution is -2.32. The molecule has 0 atom stereocenters. The Morgan fingerprint density at radius 3 is 2.16 bits per heavy atom. The molecular formula is C15H20N2O5S3. The second-order valence-electron chi connectivity index (χ2n) is 5.11. The number of aromatic nitrogens is 1. The molecule has 0 bridgehead atoms. The van der Waals surface area contributed by atoms with Crippen LogP contribution in [0.4, 0.5) is 5.69 Å². The first kappa shape index (κ1) is 21.6. The molecule has 2 N–H and O–H groups in total. The molecule has 2 aromatic heterocycles. The predicted octanol–water partition coefficient (Wildman–Crippen LogP) is 2.24. The van der Waals surface area contributed by atoms with Gasteiger partial charge in [0.2, 0.25) is 10.4 Å². The number of thioether (sulfide) groups is 1. The molecule has 0 unspecified atom stereocenters. The first-order chi connectivity index (χ1) is 11.5. The number of nitrogen functional groups attached to an aromatic ring is 1. The van der Waals surface area contributed by atoms with Crippen molar-refractivity contribution in [1.82, 2.24) is 0 Å². The molecule has 0 radical (unpaired) electrons. The van der Waals surface area contributed by atoms with E-state index in [1.807, 2.05) is 23.2 Å². The molecule has 2 heterocycles. The van der Waals surface area contributed by atoms with Crippen LogP contribution in [0.3, 0.4) is 0 Å². The van der Waals surface area contributed by atoms with Crippen molar-refractivity contribution in [2.75, 3.05) is 19.1 Å². The number of thiophene rings is 1. The Hall–Kier alpha value is -1.46. The number of hydrogen-bond acceptors (Lipinski definition) is 8. The predicted molar refractivity (Wildman–Crippen MR) is 98.2 cm³/mol. The zero-order valence-corrected chi connectivity index (χ0v) is 17.0. The van der Waals surface area contributed by atoms with Crippen LogP contribution in [0.1, 0.15) is 27.7 Å². The zero-order valence-electron chi connectivity index (χ0n) is 14.5. The summed E-state index contributed by atoms with van der Waals surface area (Å²) in [6, 6.07) is 2.11. The van der Waals surface area contributed by atoms with Crippen molar-refractivity contribution in [3.05, 3.63) is 34.5 Å². The SMILES string of the molecule is COS(=O)(=O)[O-].CSc1sc(C(C)=O)c(N)c1-[n+]1cc(C)cc(C)c1. The largest absolute Gasteiger partial charge is 0.726 e. The van der Waals surface area contributed by atoms with Crippen molar-refractivity contribution in [1.29, 1.82) is 0 Å². The van der Waals surface area contributed by atoms with E-state index in [0.717, 1.165) is 17.0 Å². The second kappa shape index (κ2) is 8.77. The number of Topliss-reactive ketones (excluding diaryl/α,β-unsaturated/α-hetero) is 1. The molecule has 2 rings (SSSR count). The number of rotatable bonds is 4. The third-order valence-corrected chi connectivity index (χ3v) is 5.81. The molecule has 10 heteroatoms. The Kier molecular flexibility index (Phi) is 7.57. The quantitative estimate of drug-likeness (QED) is 0.273. The molecule has 0 aliphatic carbocycles. The number of nitrogens with two attached hydrogens (primary N) is 1. The van der Waals surface area contributed by atoms with E-state index in [9.17, 15) is 17.8 Å². The minimum absolute atomic E-state index is 0.0222. The number of carbonyl (C=O) groups is 1. The van der Waals surface area contributed by atoms with Gasteiger partial charge in [0.15, 0.2) is 18.2 Å². The molecule has 0 amide bonds. The maximum atomic E-state index is 11.6. The van der Waals surface area contributed by atoms with E-state index in [0.29, 0.717) is 10.6 Å². The Morgan fingerprint density at radius 1 is 1.32 bits per heavy atom. The Morgan fingerprint density at radius 2 is 1.80 bits per heavy atom. The summed E-state index contributed by atoms with van der Waals surface area (Å²) < 4.78 is 34.1. The minimum atomic E-state index is -4.41. The number of carbonyl (C=O) groups excluding carboxylic acids is 1. The highest BCUT2D eigenvalue weighted by Gasteiger charge is 2.26. The van der Waals surface area contributed by atoms with Gasteiger partial charge in [0.05, 0.1) is 7.11 Å². The monoisotopic (exact) mass is 404 g/mol. The van der Waals surface area contributed by atoms with Gasteiger partial charge in [-0.25, -0.2) is 8.42 Å². The van der Waals surface area contributed by atoms with Crippen LogP contribution in [0.25, 0.3) is 5.69 Å². The summed E-state index contributed by atoms with van der Waals surface area (Å²) in [5, 5.41) is 0. The fourth-order valence-electron chi connectivity index (χ4n) is 2.10. The molecule has 25 heavy (non-hydrogen) atoms. The summed E-state index contributed by atoms with van der Waals surface area (Å²) in [5.74, 6) is 0.0222. The highest BCUT2D eigenvalue weighted by Crippen LogP contribution is 2.37. The van der Waals surface area contributed by atoms with Crippen LogP contribution in [-0.4, -0.2) is 32.1 Å². The van der Waals surface area contributed by atoms with Crippen LogP contribution in [0.2, 0.25) is 0 Å². The topological polar surface area (TPSA) is 113 Å². The van der Waals surface area contributed by atoms with Crippen LogP contribution in [-0.2, 0) is 14.6 Å². The molecule has 0 spiro atoms. The van der Waals surface area contributed by atoms with Gasteiger partial charge in [-0.05, 0) is 26.2 Å². The van der Waals surface area contributed by atoms with E-state index >= 15 is 0 Å². The van der Waals surface area contributed by atoms with Gasteiger partial charge in [0.25, 0.3) is 5.69 Å². The third kappa shape index (κ3) is 6.08. The number of hydrogen-bond donors (Lipinski definition) is 1. The standard InChI is InChI=1S/C14H16N2OS2.CH4O4S/c1-8-5-9(2)7-16(6-8)12-11(15)13(10(3)17)19-14(12)18-4;1-5-6(2,3)4/h5-7H,1-4H3,(H-,15,17);1H3,(H,2,3,4). The van der Waals surface area contributed by atoms with Crippen LogP contribution in [0.5, 0.6) is 0 Å². The van der Waals surface area contributed by atoms with Crippen LogP contribution in [0.15, 0.2) is 22.7 Å². The van der Waals surface area contributed by atoms with E-state index in [4.69, 9.17) is 5.73 Å². The lowest BCUT2D eigenvalue weighted by molar-refractivity contribution is -0.597. The molecule has 0 fully saturated rings. The van der Waals surface area contributed by atoms with Gasteiger partial charge in [-0.1, -0.05) is 0 Å². The molecule has 0 saturated heterocycles. The van der Waals surface area contributed by atoms with E-state index in [-0.39, 0.29) is 5.78 Å². The second-order valence-corrected chi connectivity index (χ2v) is 8.36. The molecule has 0 aliphatic heterocycles. The van der Waals surface area contributed by atoms with Crippen molar-refractivity contribution in [2.24, 2.45) is 0 Å². The summed E-state index contributed by atoms with van der Waals surface area (Å²) in [6.07, 6.45) is 6.08. The van der Waals surface area contributed by atoms with Crippen LogP contribution in [0, 0.1) is 13.8 Å². The van der Waals surface area contributed by atoms with Crippen molar-refractivity contribution in [3.63, 3.8) is 0 Å². The van der Waals surface area contributed by atoms with Gasteiger partial charge >= 0.3 is 0 Å².